The molecule has 0 aromatic rings. The minimum atomic E-state index is 0.205. The second-order valence-corrected chi connectivity index (χ2v) is 3.75. The molecule has 1 saturated heterocycles. The summed E-state index contributed by atoms with van der Waals surface area (Å²) >= 11 is 0. The predicted molar refractivity (Wildman–Crippen MR) is 56.7 cm³/mol. The van der Waals surface area contributed by atoms with Gasteiger partial charge in [0.15, 0.2) is 0 Å². The van der Waals surface area contributed by atoms with Crippen LogP contribution in [0.1, 0.15) is 19.8 Å². The first-order chi connectivity index (χ1) is 6.77. The number of carbonyl (C=O) groups is 1. The first-order valence-corrected chi connectivity index (χ1v) is 5.19. The van der Waals surface area contributed by atoms with Gasteiger partial charge >= 0.3 is 0 Å². The van der Waals surface area contributed by atoms with Gasteiger partial charge in [-0.1, -0.05) is 12.8 Å². The molecule has 14 heavy (non-hydrogen) atoms. The minimum absolute atomic E-state index is 0.205. The third-order valence-electron chi connectivity index (χ3n) is 2.46. The van der Waals surface area contributed by atoms with Gasteiger partial charge in [-0.3, -0.25) is 4.79 Å². The third kappa shape index (κ3) is 3.04. The van der Waals surface area contributed by atoms with Crippen molar-refractivity contribution in [3.63, 3.8) is 0 Å². The van der Waals surface area contributed by atoms with Crippen molar-refractivity contribution >= 4 is 5.91 Å². The summed E-state index contributed by atoms with van der Waals surface area (Å²) in [5.74, 6) is 3.26. The molecule has 1 aliphatic heterocycles. The van der Waals surface area contributed by atoms with Gasteiger partial charge in [-0.2, -0.15) is 0 Å². The van der Waals surface area contributed by atoms with Crippen LogP contribution in [0.5, 0.6) is 0 Å². The van der Waals surface area contributed by atoms with Gasteiger partial charge in [-0.05, 0) is 25.4 Å². The molecule has 1 heterocycles. The van der Waals surface area contributed by atoms with E-state index in [2.05, 4.69) is 18.2 Å². The molecule has 0 aliphatic carbocycles. The molecule has 0 aromatic heterocycles. The zero-order valence-corrected chi connectivity index (χ0v) is 8.75. The average Bonchev–Trinajstić information content (AvgIpc) is 2.11. The lowest BCUT2D eigenvalue weighted by Gasteiger charge is -2.29. The first-order valence-electron chi connectivity index (χ1n) is 5.19. The van der Waals surface area contributed by atoms with Crippen molar-refractivity contribution < 1.29 is 4.79 Å². The van der Waals surface area contributed by atoms with E-state index in [0.29, 0.717) is 18.9 Å². The SMILES string of the molecule is C#CCN(CCC)C(=O)CC1CNC1. The molecule has 3 heteroatoms. The third-order valence-corrected chi connectivity index (χ3v) is 2.46. The molecule has 0 spiro atoms. The molecule has 0 atom stereocenters. The summed E-state index contributed by atoms with van der Waals surface area (Å²) in [6.07, 6.45) is 6.83. The van der Waals surface area contributed by atoms with Crippen LogP contribution >= 0.6 is 0 Å². The molecule has 0 radical (unpaired) electrons. The van der Waals surface area contributed by atoms with Crippen LogP contribution in [0.2, 0.25) is 0 Å². The van der Waals surface area contributed by atoms with Gasteiger partial charge in [0.2, 0.25) is 5.91 Å². The van der Waals surface area contributed by atoms with Crippen molar-refractivity contribution in [2.24, 2.45) is 5.92 Å². The second-order valence-electron chi connectivity index (χ2n) is 3.75. The van der Waals surface area contributed by atoms with Crippen LogP contribution in [0.15, 0.2) is 0 Å². The monoisotopic (exact) mass is 194 g/mol. The van der Waals surface area contributed by atoms with Crippen molar-refractivity contribution in [2.45, 2.75) is 19.8 Å². The molecule has 0 saturated carbocycles. The lowest BCUT2D eigenvalue weighted by Crippen LogP contribution is -2.45. The van der Waals surface area contributed by atoms with Gasteiger partial charge in [0.25, 0.3) is 0 Å². The summed E-state index contributed by atoms with van der Waals surface area (Å²) in [4.78, 5) is 13.5. The zero-order valence-electron chi connectivity index (χ0n) is 8.75. The number of amides is 1. The van der Waals surface area contributed by atoms with E-state index in [4.69, 9.17) is 6.42 Å². The van der Waals surface area contributed by atoms with E-state index in [1.807, 2.05) is 0 Å². The van der Waals surface area contributed by atoms with Crippen molar-refractivity contribution in [1.82, 2.24) is 10.2 Å². The second kappa shape index (κ2) is 5.66. The summed E-state index contributed by atoms with van der Waals surface area (Å²) in [5, 5.41) is 3.16. The van der Waals surface area contributed by atoms with E-state index in [1.165, 1.54) is 0 Å². The molecule has 1 amide bonds. The lowest BCUT2D eigenvalue weighted by atomic mass is 9.98. The Kier molecular flexibility index (Phi) is 4.48. The molecule has 1 N–H and O–H groups in total. The Morgan fingerprint density at radius 2 is 2.36 bits per heavy atom. The number of nitrogens with one attached hydrogen (secondary N) is 1. The topological polar surface area (TPSA) is 32.3 Å². The van der Waals surface area contributed by atoms with Crippen LogP contribution in [0.4, 0.5) is 0 Å². The van der Waals surface area contributed by atoms with Crippen molar-refractivity contribution in [3.8, 4) is 12.3 Å². The minimum Gasteiger partial charge on any atom is -0.332 e. The van der Waals surface area contributed by atoms with Crippen LogP contribution in [-0.2, 0) is 4.79 Å². The molecule has 1 fully saturated rings. The molecular weight excluding hydrogens is 176 g/mol. The highest BCUT2D eigenvalue weighted by atomic mass is 16.2. The highest BCUT2D eigenvalue weighted by Gasteiger charge is 2.22. The normalized spacial score (nSPS) is 15.7. The maximum Gasteiger partial charge on any atom is 0.223 e. The van der Waals surface area contributed by atoms with Crippen molar-refractivity contribution in [2.75, 3.05) is 26.2 Å². The molecule has 0 unspecified atom stereocenters. The van der Waals surface area contributed by atoms with Gasteiger partial charge in [0.05, 0.1) is 6.54 Å². The quantitative estimate of drug-likeness (QED) is 0.645. The van der Waals surface area contributed by atoms with E-state index < -0.39 is 0 Å². The zero-order chi connectivity index (χ0) is 10.4. The average molecular weight is 194 g/mol. The molecule has 0 bridgehead atoms. The van der Waals surface area contributed by atoms with E-state index in [9.17, 15) is 4.79 Å². The highest BCUT2D eigenvalue weighted by molar-refractivity contribution is 5.76. The Hall–Kier alpha value is -1.01. The largest absolute Gasteiger partial charge is 0.332 e. The molecule has 78 valence electrons. The van der Waals surface area contributed by atoms with Gasteiger partial charge in [-0.15, -0.1) is 6.42 Å². The Bertz CT molecular complexity index is 228. The number of rotatable bonds is 5. The molecule has 3 nitrogen and oxygen atoms in total. The number of hydrogen-bond donors (Lipinski definition) is 1. The Morgan fingerprint density at radius 3 is 2.79 bits per heavy atom. The fourth-order valence-electron chi connectivity index (χ4n) is 1.54. The summed E-state index contributed by atoms with van der Waals surface area (Å²) < 4.78 is 0. The van der Waals surface area contributed by atoms with Crippen LogP contribution in [0.3, 0.4) is 0 Å². The summed E-state index contributed by atoms with van der Waals surface area (Å²) in [6.45, 7) is 5.24. The predicted octanol–water partition coefficient (Wildman–Crippen LogP) is 0.468. The van der Waals surface area contributed by atoms with Crippen molar-refractivity contribution in [1.29, 1.82) is 0 Å². The van der Waals surface area contributed by atoms with Crippen LogP contribution < -0.4 is 5.32 Å². The van der Waals surface area contributed by atoms with Gasteiger partial charge in [0.1, 0.15) is 0 Å². The maximum atomic E-state index is 11.7. The molecule has 1 rings (SSSR count). The van der Waals surface area contributed by atoms with Gasteiger partial charge in [0, 0.05) is 13.0 Å². The van der Waals surface area contributed by atoms with Gasteiger partial charge in [-0.25, -0.2) is 0 Å². The number of nitrogens with zero attached hydrogens (tertiary/aromatic N) is 1. The molecular formula is C11H18N2O. The van der Waals surface area contributed by atoms with Crippen molar-refractivity contribution in [3.05, 3.63) is 0 Å². The van der Waals surface area contributed by atoms with E-state index >= 15 is 0 Å². The Morgan fingerprint density at radius 1 is 1.64 bits per heavy atom. The number of hydrogen-bond acceptors (Lipinski definition) is 2. The number of carbonyl (C=O) groups excluding carboxylic acids is 1. The lowest BCUT2D eigenvalue weighted by molar-refractivity contribution is -0.132. The molecule has 0 aromatic carbocycles. The smallest absolute Gasteiger partial charge is 0.223 e. The Balaban J connectivity index is 2.33. The highest BCUT2D eigenvalue weighted by Crippen LogP contribution is 2.10. The maximum absolute atomic E-state index is 11.7. The fourth-order valence-corrected chi connectivity index (χ4v) is 1.54. The van der Waals surface area contributed by atoms with Crippen LogP contribution in [0.25, 0.3) is 0 Å². The first kappa shape index (κ1) is 11.1. The summed E-state index contributed by atoms with van der Waals surface area (Å²) in [6, 6.07) is 0. The van der Waals surface area contributed by atoms with Gasteiger partial charge < -0.3 is 10.2 Å². The van der Waals surface area contributed by atoms with Crippen LogP contribution in [0, 0.1) is 18.3 Å². The van der Waals surface area contributed by atoms with E-state index in [0.717, 1.165) is 26.1 Å². The van der Waals surface area contributed by atoms with E-state index in [1.54, 1.807) is 4.90 Å². The summed E-state index contributed by atoms with van der Waals surface area (Å²) in [7, 11) is 0. The van der Waals surface area contributed by atoms with E-state index in [-0.39, 0.29) is 5.91 Å². The molecule has 1 aliphatic rings. The van der Waals surface area contributed by atoms with Crippen LogP contribution in [-0.4, -0.2) is 37.0 Å². The fraction of sp³-hybridized carbons (Fsp3) is 0.727. The number of terminal acetylenes is 1. The standard InChI is InChI=1S/C11H18N2O/c1-3-5-13(6-4-2)11(14)7-10-8-12-9-10/h1,10,12H,4-9H2,2H3. The Labute approximate surface area is 85.9 Å². The summed E-state index contributed by atoms with van der Waals surface area (Å²) in [5.41, 5.74) is 0.